The number of nitrogens with zero attached hydrogens (tertiary/aromatic N) is 1. The summed E-state index contributed by atoms with van der Waals surface area (Å²) in [5, 5.41) is 19.5. The van der Waals surface area contributed by atoms with Crippen LogP contribution in [0.4, 0.5) is 0 Å². The fraction of sp³-hybridized carbons (Fsp3) is 0.650. The number of carboxylic acids is 1. The molecule has 0 bridgehead atoms. The van der Waals surface area contributed by atoms with Gasteiger partial charge in [0.05, 0.1) is 18.1 Å². The average molecular weight is 347 g/mol. The minimum absolute atomic E-state index is 0.0218. The largest absolute Gasteiger partial charge is 0.508 e. The van der Waals surface area contributed by atoms with Gasteiger partial charge in [-0.3, -0.25) is 9.69 Å². The van der Waals surface area contributed by atoms with E-state index in [2.05, 4.69) is 31.7 Å². The van der Waals surface area contributed by atoms with Crippen LogP contribution in [0.5, 0.6) is 5.75 Å². The second kappa shape index (κ2) is 6.61. The van der Waals surface area contributed by atoms with Crippen molar-refractivity contribution in [3.05, 3.63) is 29.3 Å². The van der Waals surface area contributed by atoms with E-state index in [1.54, 1.807) is 0 Å². The summed E-state index contributed by atoms with van der Waals surface area (Å²) in [5.41, 5.74) is 1.84. The van der Waals surface area contributed by atoms with Crippen molar-refractivity contribution in [1.82, 2.24) is 4.90 Å². The molecule has 0 radical (unpaired) electrons. The molecule has 2 aliphatic rings. The summed E-state index contributed by atoms with van der Waals surface area (Å²) in [6, 6.07) is 5.99. The molecule has 0 amide bonds. The van der Waals surface area contributed by atoms with Gasteiger partial charge in [0.25, 0.3) is 0 Å². The van der Waals surface area contributed by atoms with Crippen LogP contribution in [-0.2, 0) is 21.5 Å². The summed E-state index contributed by atoms with van der Waals surface area (Å²) in [6.07, 6.45) is 2.34. The van der Waals surface area contributed by atoms with E-state index in [9.17, 15) is 9.90 Å². The third-order valence-corrected chi connectivity index (χ3v) is 5.67. The number of phenols is 1. The first-order chi connectivity index (χ1) is 11.7. The van der Waals surface area contributed by atoms with Crippen LogP contribution in [0.2, 0.25) is 0 Å². The zero-order chi connectivity index (χ0) is 18.2. The van der Waals surface area contributed by atoms with Crippen LogP contribution < -0.4 is 0 Å². The third kappa shape index (κ3) is 3.98. The van der Waals surface area contributed by atoms with Crippen molar-refractivity contribution in [3.63, 3.8) is 0 Å². The number of phenolic OH excluding ortho intramolecular Hbond substituents is 1. The number of piperidine rings is 1. The minimum Gasteiger partial charge on any atom is -0.508 e. The van der Waals surface area contributed by atoms with Crippen molar-refractivity contribution < 1.29 is 19.7 Å². The van der Waals surface area contributed by atoms with Crippen LogP contribution in [0.1, 0.15) is 51.2 Å². The highest BCUT2D eigenvalue weighted by atomic mass is 16.5. The first kappa shape index (κ1) is 18.2. The Hall–Kier alpha value is -1.59. The van der Waals surface area contributed by atoms with Crippen LogP contribution in [0.15, 0.2) is 18.2 Å². The fourth-order valence-electron chi connectivity index (χ4n) is 3.87. The molecule has 1 atom stereocenters. The molecule has 5 nitrogen and oxygen atoms in total. The Balaban J connectivity index is 1.59. The Morgan fingerprint density at radius 3 is 2.52 bits per heavy atom. The maximum Gasteiger partial charge on any atom is 0.308 e. The van der Waals surface area contributed by atoms with Gasteiger partial charge in [-0.25, -0.2) is 0 Å². The van der Waals surface area contributed by atoms with E-state index >= 15 is 0 Å². The zero-order valence-corrected chi connectivity index (χ0v) is 15.4. The van der Waals surface area contributed by atoms with E-state index in [0.29, 0.717) is 25.3 Å². The number of likely N-dealkylation sites (tertiary alicyclic amines) is 1. The van der Waals surface area contributed by atoms with E-state index in [1.165, 1.54) is 0 Å². The average Bonchev–Trinajstić information content (AvgIpc) is 2.95. The van der Waals surface area contributed by atoms with Gasteiger partial charge in [0.2, 0.25) is 0 Å². The number of ether oxygens (including phenoxy) is 1. The molecular weight excluding hydrogens is 318 g/mol. The maximum absolute atomic E-state index is 11.2. The smallest absolute Gasteiger partial charge is 0.308 e. The first-order valence-corrected chi connectivity index (χ1v) is 9.10. The Morgan fingerprint density at radius 2 is 2.00 bits per heavy atom. The van der Waals surface area contributed by atoms with Crippen molar-refractivity contribution in [2.45, 2.75) is 57.6 Å². The van der Waals surface area contributed by atoms with Crippen LogP contribution in [0.3, 0.4) is 0 Å². The standard InChI is InChI=1S/C20H29NO4/c1-19(2,3)16-5-4-14(17(22)10-16)12-21-8-6-20(7-9-21)11-15(13-25-20)18(23)24/h4-5,10,15,22H,6-9,11-13H2,1-3H3,(H,23,24). The molecule has 1 spiro atoms. The lowest BCUT2D eigenvalue weighted by atomic mass is 9.85. The predicted molar refractivity (Wildman–Crippen MR) is 95.7 cm³/mol. The van der Waals surface area contributed by atoms with Gasteiger partial charge in [0.1, 0.15) is 5.75 Å². The van der Waals surface area contributed by atoms with Gasteiger partial charge < -0.3 is 14.9 Å². The molecule has 5 heteroatoms. The lowest BCUT2D eigenvalue weighted by Crippen LogP contribution is -2.43. The molecule has 1 aromatic rings. The van der Waals surface area contributed by atoms with Gasteiger partial charge in [-0.05, 0) is 36.3 Å². The number of aliphatic carboxylic acids is 1. The van der Waals surface area contributed by atoms with Gasteiger partial charge >= 0.3 is 5.97 Å². The van der Waals surface area contributed by atoms with E-state index in [4.69, 9.17) is 9.84 Å². The molecule has 1 unspecified atom stereocenters. The fourth-order valence-corrected chi connectivity index (χ4v) is 3.87. The summed E-state index contributed by atoms with van der Waals surface area (Å²) < 4.78 is 5.87. The van der Waals surface area contributed by atoms with Crippen LogP contribution in [-0.4, -0.2) is 46.4 Å². The number of aromatic hydroxyl groups is 1. The Kier molecular flexibility index (Phi) is 4.82. The van der Waals surface area contributed by atoms with Gasteiger partial charge in [-0.15, -0.1) is 0 Å². The van der Waals surface area contributed by atoms with E-state index in [-0.39, 0.29) is 16.9 Å². The zero-order valence-electron chi connectivity index (χ0n) is 15.4. The summed E-state index contributed by atoms with van der Waals surface area (Å²) in [6.45, 7) is 9.20. The number of rotatable bonds is 3. The van der Waals surface area contributed by atoms with Crippen molar-refractivity contribution in [2.24, 2.45) is 5.92 Å². The monoisotopic (exact) mass is 347 g/mol. The number of hydrogen-bond acceptors (Lipinski definition) is 4. The van der Waals surface area contributed by atoms with Gasteiger partial charge in [-0.1, -0.05) is 32.9 Å². The minimum atomic E-state index is -0.747. The van der Waals surface area contributed by atoms with Gasteiger partial charge in [-0.2, -0.15) is 0 Å². The topological polar surface area (TPSA) is 70.0 Å². The summed E-state index contributed by atoms with van der Waals surface area (Å²) >= 11 is 0. The Bertz CT molecular complexity index is 642. The molecule has 3 rings (SSSR count). The third-order valence-electron chi connectivity index (χ3n) is 5.67. The normalized spacial score (nSPS) is 23.9. The van der Waals surface area contributed by atoms with E-state index in [1.807, 2.05) is 12.1 Å². The highest BCUT2D eigenvalue weighted by molar-refractivity contribution is 5.70. The number of benzene rings is 1. The number of hydrogen-bond donors (Lipinski definition) is 2. The SMILES string of the molecule is CC(C)(C)c1ccc(CN2CCC3(CC2)CC(C(=O)O)CO3)c(O)c1. The highest BCUT2D eigenvalue weighted by Gasteiger charge is 2.44. The molecule has 2 saturated heterocycles. The molecule has 0 aromatic heterocycles. The molecule has 1 aromatic carbocycles. The van der Waals surface area contributed by atoms with Crippen molar-refractivity contribution in [2.75, 3.05) is 19.7 Å². The Morgan fingerprint density at radius 1 is 1.32 bits per heavy atom. The number of carboxylic acid groups (broad SMARTS) is 1. The van der Waals surface area contributed by atoms with Crippen LogP contribution in [0, 0.1) is 5.92 Å². The number of carbonyl (C=O) groups is 1. The molecule has 2 fully saturated rings. The second-order valence-electron chi connectivity index (χ2n) is 8.60. The maximum atomic E-state index is 11.2. The van der Waals surface area contributed by atoms with E-state index < -0.39 is 5.97 Å². The molecular formula is C20H29NO4. The predicted octanol–water partition coefficient (Wildman–Crippen LogP) is 3.15. The summed E-state index contributed by atoms with van der Waals surface area (Å²) in [4.78, 5) is 13.5. The van der Waals surface area contributed by atoms with Crippen LogP contribution in [0.25, 0.3) is 0 Å². The molecule has 0 aliphatic carbocycles. The molecule has 2 aliphatic heterocycles. The quantitative estimate of drug-likeness (QED) is 0.879. The van der Waals surface area contributed by atoms with Gasteiger partial charge in [0, 0.05) is 25.2 Å². The Labute approximate surface area is 149 Å². The van der Waals surface area contributed by atoms with Crippen LogP contribution >= 0.6 is 0 Å². The van der Waals surface area contributed by atoms with Crippen molar-refractivity contribution in [1.29, 1.82) is 0 Å². The molecule has 2 N–H and O–H groups in total. The summed E-state index contributed by atoms with van der Waals surface area (Å²) in [7, 11) is 0. The molecule has 25 heavy (non-hydrogen) atoms. The van der Waals surface area contributed by atoms with Crippen molar-refractivity contribution >= 4 is 5.97 Å². The lowest BCUT2D eigenvalue weighted by molar-refractivity contribution is -0.141. The van der Waals surface area contributed by atoms with E-state index in [0.717, 1.165) is 37.1 Å². The second-order valence-corrected chi connectivity index (χ2v) is 8.60. The summed E-state index contributed by atoms with van der Waals surface area (Å²) in [5.74, 6) is -0.750. The first-order valence-electron chi connectivity index (χ1n) is 9.10. The molecule has 2 heterocycles. The van der Waals surface area contributed by atoms with Crippen molar-refractivity contribution in [3.8, 4) is 5.75 Å². The molecule has 138 valence electrons. The highest BCUT2D eigenvalue weighted by Crippen LogP contribution is 2.39. The van der Waals surface area contributed by atoms with Gasteiger partial charge in [0.15, 0.2) is 0 Å². The lowest BCUT2D eigenvalue weighted by Gasteiger charge is -2.38. The molecule has 0 saturated carbocycles.